The van der Waals surface area contributed by atoms with Crippen LogP contribution in [0.5, 0.6) is 0 Å². The number of fused-ring (bicyclic) bond motifs is 15. The minimum absolute atomic E-state index is 0.436. The third kappa shape index (κ3) is 4.20. The van der Waals surface area contributed by atoms with Gasteiger partial charge < -0.3 is 9.32 Å². The highest BCUT2D eigenvalue weighted by molar-refractivity contribution is 6.21. The molecule has 0 saturated carbocycles. The van der Waals surface area contributed by atoms with Crippen LogP contribution in [0.2, 0.25) is 0 Å². The van der Waals surface area contributed by atoms with E-state index in [0.29, 0.717) is 0 Å². The zero-order chi connectivity index (χ0) is 36.1. The Bertz CT molecular complexity index is 3040. The second-order valence-electron chi connectivity index (χ2n) is 15.1. The second kappa shape index (κ2) is 11.5. The fourth-order valence-electron chi connectivity index (χ4n) is 10.0. The van der Waals surface area contributed by atoms with Gasteiger partial charge in [-0.3, -0.25) is 0 Å². The summed E-state index contributed by atoms with van der Waals surface area (Å²) in [5, 5.41) is 4.69. The molecule has 0 atom stereocenters. The number of furan rings is 1. The van der Waals surface area contributed by atoms with Gasteiger partial charge in [0.2, 0.25) is 0 Å². The lowest BCUT2D eigenvalue weighted by atomic mass is 9.70. The Hall–Kier alpha value is -6.90. The van der Waals surface area contributed by atoms with Crippen LogP contribution in [0.15, 0.2) is 193 Å². The Kier molecular flexibility index (Phi) is 6.41. The van der Waals surface area contributed by atoms with Crippen molar-refractivity contribution in [3.63, 3.8) is 0 Å². The van der Waals surface area contributed by atoms with Crippen LogP contribution in [0.25, 0.3) is 60.5 Å². The van der Waals surface area contributed by atoms with Gasteiger partial charge in [-0.2, -0.15) is 0 Å². The molecule has 2 nitrogen and oxygen atoms in total. The Balaban J connectivity index is 1.13. The number of nitrogens with zero attached hydrogens (tertiary/aromatic N) is 1. The van der Waals surface area contributed by atoms with Crippen molar-refractivity contribution >= 4 is 55.3 Å². The Labute approximate surface area is 319 Å². The highest BCUT2D eigenvalue weighted by Crippen LogP contribution is 2.63. The van der Waals surface area contributed by atoms with E-state index in [0.717, 1.165) is 51.8 Å². The van der Waals surface area contributed by atoms with E-state index in [1.807, 2.05) is 0 Å². The van der Waals surface area contributed by atoms with Crippen LogP contribution in [0, 0.1) is 0 Å². The topological polar surface area (TPSA) is 16.4 Å². The first-order valence-electron chi connectivity index (χ1n) is 19.3. The summed E-state index contributed by atoms with van der Waals surface area (Å²) in [4.78, 5) is 2.41. The maximum atomic E-state index is 6.90. The van der Waals surface area contributed by atoms with Crippen LogP contribution in [0.3, 0.4) is 0 Å². The third-order valence-electron chi connectivity index (χ3n) is 12.3. The number of rotatable bonds is 4. The summed E-state index contributed by atoms with van der Waals surface area (Å²) in [5.41, 5.74) is 17.6. The van der Waals surface area contributed by atoms with Crippen LogP contribution >= 0.6 is 0 Å². The van der Waals surface area contributed by atoms with Gasteiger partial charge in [-0.15, -0.1) is 0 Å². The van der Waals surface area contributed by atoms with E-state index in [4.69, 9.17) is 4.42 Å². The number of hydrogen-bond acceptors (Lipinski definition) is 2. The van der Waals surface area contributed by atoms with Gasteiger partial charge in [0.25, 0.3) is 0 Å². The fourth-order valence-corrected chi connectivity index (χ4v) is 10.0. The second-order valence-corrected chi connectivity index (χ2v) is 15.1. The van der Waals surface area contributed by atoms with Gasteiger partial charge in [0.15, 0.2) is 5.58 Å². The summed E-state index contributed by atoms with van der Waals surface area (Å²) in [5.74, 6) is 0. The molecule has 0 saturated heterocycles. The maximum Gasteiger partial charge on any atom is 0.159 e. The molecule has 1 spiro atoms. The summed E-state index contributed by atoms with van der Waals surface area (Å²) in [6, 6.07) is 62.8. The Morgan fingerprint density at radius 2 is 1.13 bits per heavy atom. The van der Waals surface area contributed by atoms with Crippen molar-refractivity contribution in [2.75, 3.05) is 4.90 Å². The molecular weight excluding hydrogens is 667 g/mol. The van der Waals surface area contributed by atoms with Gasteiger partial charge in [0.05, 0.1) is 11.1 Å². The highest BCUT2D eigenvalue weighted by atomic mass is 16.3. The van der Waals surface area contributed by atoms with Gasteiger partial charge in [-0.25, -0.2) is 0 Å². The van der Waals surface area contributed by atoms with Crippen molar-refractivity contribution in [2.45, 2.75) is 18.3 Å². The molecule has 3 aliphatic carbocycles. The molecule has 0 N–H and O–H groups in total. The van der Waals surface area contributed by atoms with E-state index in [1.54, 1.807) is 0 Å². The maximum absolute atomic E-state index is 6.90. The predicted molar refractivity (Wildman–Crippen MR) is 229 cm³/mol. The Morgan fingerprint density at radius 3 is 1.84 bits per heavy atom. The van der Waals surface area contributed by atoms with Crippen molar-refractivity contribution in [3.8, 4) is 22.3 Å². The van der Waals surface area contributed by atoms with Crippen LogP contribution in [0.4, 0.5) is 17.1 Å². The van der Waals surface area contributed by atoms with Crippen molar-refractivity contribution < 1.29 is 4.42 Å². The summed E-state index contributed by atoms with van der Waals surface area (Å²) >= 11 is 0. The Morgan fingerprint density at radius 1 is 0.491 bits per heavy atom. The molecule has 258 valence electrons. The number of para-hydroxylation sites is 1. The minimum atomic E-state index is -0.436. The smallest absolute Gasteiger partial charge is 0.159 e. The van der Waals surface area contributed by atoms with Crippen molar-refractivity contribution in [3.05, 3.63) is 216 Å². The average molecular weight is 702 g/mol. The SMILES string of the molecule is C1=CC(c2ccc(N(c3ccc4c(c3)C3(c5ccccc5-c5ccccc53)c3ccccc3-4)c3cccc4c3oc3ccc5ccccc5c34)cc2)=CCC1. The molecular formula is C53H35NO. The van der Waals surface area contributed by atoms with E-state index in [-0.39, 0.29) is 0 Å². The van der Waals surface area contributed by atoms with E-state index in [9.17, 15) is 0 Å². The van der Waals surface area contributed by atoms with Crippen molar-refractivity contribution in [2.24, 2.45) is 0 Å². The summed E-state index contributed by atoms with van der Waals surface area (Å²) in [7, 11) is 0. The molecule has 55 heavy (non-hydrogen) atoms. The molecule has 1 aromatic heterocycles. The first kappa shape index (κ1) is 30.6. The summed E-state index contributed by atoms with van der Waals surface area (Å²) in [6.45, 7) is 0. The molecule has 2 heteroatoms. The van der Waals surface area contributed by atoms with Crippen LogP contribution in [-0.2, 0) is 5.41 Å². The minimum Gasteiger partial charge on any atom is -0.454 e. The fraction of sp³-hybridized carbons (Fsp3) is 0.0566. The molecule has 9 aromatic rings. The normalized spacial score (nSPS) is 14.6. The molecule has 0 aliphatic heterocycles. The molecule has 1 heterocycles. The van der Waals surface area contributed by atoms with E-state index < -0.39 is 5.41 Å². The van der Waals surface area contributed by atoms with Gasteiger partial charge in [0, 0.05) is 22.1 Å². The van der Waals surface area contributed by atoms with Crippen LogP contribution in [-0.4, -0.2) is 0 Å². The summed E-state index contributed by atoms with van der Waals surface area (Å²) in [6.07, 6.45) is 9.06. The van der Waals surface area contributed by atoms with E-state index in [1.165, 1.54) is 66.4 Å². The molecule has 0 fully saturated rings. The quantitative estimate of drug-likeness (QED) is 0.182. The van der Waals surface area contributed by atoms with Crippen LogP contribution in [0.1, 0.15) is 40.7 Å². The number of allylic oxidation sites excluding steroid dienone is 4. The standard InChI is InChI=1S/C53H35NO/c1-2-13-34(14-3-1)35-25-28-37(29-26-35)54(49-24-12-20-44-51-39-16-5-4-15-36(39)27-32-50(51)55-52(44)49)38-30-31-43-42-19-8-11-23-47(42)53(48(43)33-38)45-21-9-6-17-40(45)41-18-7-10-22-46(41)53/h2,4-33H,1,3H2. The average Bonchev–Trinajstić information content (AvgIpc) is 3.89. The van der Waals surface area contributed by atoms with Gasteiger partial charge in [0.1, 0.15) is 5.58 Å². The molecule has 0 radical (unpaired) electrons. The van der Waals surface area contributed by atoms with Gasteiger partial charge >= 0.3 is 0 Å². The lowest BCUT2D eigenvalue weighted by Gasteiger charge is -2.32. The van der Waals surface area contributed by atoms with Crippen LogP contribution < -0.4 is 4.90 Å². The molecule has 3 aliphatic rings. The first-order valence-corrected chi connectivity index (χ1v) is 19.3. The third-order valence-corrected chi connectivity index (χ3v) is 12.3. The lowest BCUT2D eigenvalue weighted by molar-refractivity contribution is 0.669. The summed E-state index contributed by atoms with van der Waals surface area (Å²) < 4.78 is 6.90. The lowest BCUT2D eigenvalue weighted by Crippen LogP contribution is -2.26. The zero-order valence-corrected chi connectivity index (χ0v) is 30.2. The predicted octanol–water partition coefficient (Wildman–Crippen LogP) is 14.3. The molecule has 0 bridgehead atoms. The van der Waals surface area contributed by atoms with E-state index >= 15 is 0 Å². The largest absolute Gasteiger partial charge is 0.454 e. The number of benzene rings is 8. The van der Waals surface area contributed by atoms with Gasteiger partial charge in [-0.05, 0) is 116 Å². The van der Waals surface area contributed by atoms with Crippen molar-refractivity contribution in [1.29, 1.82) is 0 Å². The van der Waals surface area contributed by atoms with Gasteiger partial charge in [-0.1, -0.05) is 152 Å². The number of hydrogen-bond donors (Lipinski definition) is 0. The first-order chi connectivity index (χ1) is 27.3. The molecule has 12 rings (SSSR count). The molecule has 0 unspecified atom stereocenters. The number of anilines is 3. The molecule has 8 aromatic carbocycles. The zero-order valence-electron chi connectivity index (χ0n) is 30.2. The highest BCUT2D eigenvalue weighted by Gasteiger charge is 2.51. The van der Waals surface area contributed by atoms with Crippen molar-refractivity contribution in [1.82, 2.24) is 0 Å². The molecule has 0 amide bonds. The van der Waals surface area contributed by atoms with E-state index in [2.05, 4.69) is 193 Å². The monoisotopic (exact) mass is 701 g/mol.